The number of aliphatic carboxylic acids is 1. The summed E-state index contributed by atoms with van der Waals surface area (Å²) in [5, 5.41) is 8.41. The summed E-state index contributed by atoms with van der Waals surface area (Å²) in [6.45, 7) is 0. The predicted molar refractivity (Wildman–Crippen MR) is 58.0 cm³/mol. The topological polar surface area (TPSA) is 71.4 Å². The molecule has 0 spiro atoms. The number of ketones is 2. The van der Waals surface area contributed by atoms with Gasteiger partial charge in [-0.3, -0.25) is 14.4 Å². The van der Waals surface area contributed by atoms with Gasteiger partial charge in [0.15, 0.2) is 11.6 Å². The summed E-state index contributed by atoms with van der Waals surface area (Å²) in [4.78, 5) is 32.6. The molecule has 0 fully saturated rings. The average molecular weight is 224 g/mol. The number of hydrogen-bond acceptors (Lipinski definition) is 3. The Morgan fingerprint density at radius 2 is 1.62 bits per heavy atom. The monoisotopic (exact) mass is 224 g/mol. The van der Waals surface area contributed by atoms with E-state index in [1.165, 1.54) is 12.2 Å². The maximum Gasteiger partial charge on any atom is 0.303 e. The van der Waals surface area contributed by atoms with E-state index in [9.17, 15) is 14.4 Å². The summed E-state index contributed by atoms with van der Waals surface area (Å²) in [7, 11) is 0. The molecule has 0 radical (unpaired) electrons. The molecular formula is C12H16O4. The smallest absolute Gasteiger partial charge is 0.303 e. The lowest BCUT2D eigenvalue weighted by Crippen LogP contribution is -2.14. The number of rotatable bonds is 7. The van der Waals surface area contributed by atoms with E-state index >= 15 is 0 Å². The van der Waals surface area contributed by atoms with Gasteiger partial charge in [-0.05, 0) is 25.0 Å². The van der Waals surface area contributed by atoms with Crippen molar-refractivity contribution < 1.29 is 19.5 Å². The van der Waals surface area contributed by atoms with E-state index in [0.29, 0.717) is 12.8 Å². The highest BCUT2D eigenvalue weighted by molar-refractivity contribution is 6.18. The molecule has 0 heterocycles. The number of unbranched alkanes of at least 4 members (excludes halogenated alkanes) is 3. The summed E-state index contributed by atoms with van der Waals surface area (Å²) in [5.74, 6) is -1.41. The molecule has 88 valence electrons. The van der Waals surface area contributed by atoms with Crippen LogP contribution in [0.15, 0.2) is 12.2 Å². The second-order valence-corrected chi connectivity index (χ2v) is 4.04. The first-order chi connectivity index (χ1) is 7.61. The first kappa shape index (κ1) is 12.6. The average Bonchev–Trinajstić information content (AvgIpc) is 2.53. The zero-order chi connectivity index (χ0) is 12.0. The lowest BCUT2D eigenvalue weighted by molar-refractivity contribution is -0.137. The van der Waals surface area contributed by atoms with Crippen LogP contribution in [0.1, 0.15) is 38.5 Å². The fraction of sp³-hybridized carbons (Fsp3) is 0.583. The molecule has 0 bridgehead atoms. The van der Waals surface area contributed by atoms with Crippen LogP contribution in [0.25, 0.3) is 0 Å². The van der Waals surface area contributed by atoms with E-state index in [2.05, 4.69) is 0 Å². The highest BCUT2D eigenvalue weighted by Gasteiger charge is 2.26. The van der Waals surface area contributed by atoms with Crippen molar-refractivity contribution in [2.24, 2.45) is 5.92 Å². The normalized spacial score (nSPS) is 16.0. The molecule has 4 nitrogen and oxygen atoms in total. The Labute approximate surface area is 94.3 Å². The van der Waals surface area contributed by atoms with Crippen LogP contribution in [0.5, 0.6) is 0 Å². The van der Waals surface area contributed by atoms with E-state index < -0.39 is 11.9 Å². The van der Waals surface area contributed by atoms with Gasteiger partial charge in [0.05, 0.1) is 5.92 Å². The van der Waals surface area contributed by atoms with Gasteiger partial charge < -0.3 is 5.11 Å². The molecule has 0 atom stereocenters. The van der Waals surface area contributed by atoms with Crippen molar-refractivity contribution in [1.29, 1.82) is 0 Å². The largest absolute Gasteiger partial charge is 0.481 e. The van der Waals surface area contributed by atoms with Crippen LogP contribution in [-0.4, -0.2) is 22.6 Å². The summed E-state index contributed by atoms with van der Waals surface area (Å²) in [6, 6.07) is 0. The predicted octanol–water partition coefficient (Wildman–Crippen LogP) is 1.74. The lowest BCUT2D eigenvalue weighted by Gasteiger charge is -2.05. The van der Waals surface area contributed by atoms with Gasteiger partial charge in [-0.15, -0.1) is 0 Å². The molecule has 0 aromatic carbocycles. The zero-order valence-electron chi connectivity index (χ0n) is 9.15. The minimum Gasteiger partial charge on any atom is -0.481 e. The van der Waals surface area contributed by atoms with E-state index in [0.717, 1.165) is 19.3 Å². The van der Waals surface area contributed by atoms with Crippen LogP contribution in [0.2, 0.25) is 0 Å². The zero-order valence-corrected chi connectivity index (χ0v) is 9.15. The van der Waals surface area contributed by atoms with Gasteiger partial charge in [-0.1, -0.05) is 19.3 Å². The molecule has 1 aliphatic rings. The molecule has 0 unspecified atom stereocenters. The van der Waals surface area contributed by atoms with Crippen LogP contribution < -0.4 is 0 Å². The molecule has 4 heteroatoms. The van der Waals surface area contributed by atoms with Crippen molar-refractivity contribution in [2.75, 3.05) is 0 Å². The molecule has 0 aliphatic heterocycles. The molecule has 1 N–H and O–H groups in total. The third-order valence-electron chi connectivity index (χ3n) is 2.73. The van der Waals surface area contributed by atoms with Crippen LogP contribution in [0.3, 0.4) is 0 Å². The van der Waals surface area contributed by atoms with Crippen molar-refractivity contribution in [3.8, 4) is 0 Å². The summed E-state index contributed by atoms with van der Waals surface area (Å²) in [5.41, 5.74) is 0. The summed E-state index contributed by atoms with van der Waals surface area (Å²) in [6.07, 6.45) is 6.68. The quantitative estimate of drug-likeness (QED) is 0.528. The molecule has 0 saturated heterocycles. The van der Waals surface area contributed by atoms with Gasteiger partial charge in [0, 0.05) is 6.42 Å². The number of carbonyl (C=O) groups excluding carboxylic acids is 2. The second-order valence-electron chi connectivity index (χ2n) is 4.04. The number of carboxylic acid groups (broad SMARTS) is 1. The maximum atomic E-state index is 11.2. The molecule has 0 aromatic heterocycles. The molecule has 1 rings (SSSR count). The lowest BCUT2D eigenvalue weighted by atomic mass is 9.97. The third kappa shape index (κ3) is 3.96. The first-order valence-corrected chi connectivity index (χ1v) is 5.59. The van der Waals surface area contributed by atoms with Gasteiger partial charge >= 0.3 is 5.97 Å². The van der Waals surface area contributed by atoms with Crippen molar-refractivity contribution in [2.45, 2.75) is 38.5 Å². The van der Waals surface area contributed by atoms with Crippen molar-refractivity contribution in [1.82, 2.24) is 0 Å². The van der Waals surface area contributed by atoms with Crippen molar-refractivity contribution >= 4 is 17.5 Å². The third-order valence-corrected chi connectivity index (χ3v) is 2.73. The molecule has 0 aromatic rings. The molecule has 1 aliphatic carbocycles. The number of carbonyl (C=O) groups is 3. The van der Waals surface area contributed by atoms with E-state index in [4.69, 9.17) is 5.11 Å². The fourth-order valence-electron chi connectivity index (χ4n) is 1.80. The Morgan fingerprint density at radius 3 is 2.19 bits per heavy atom. The van der Waals surface area contributed by atoms with Gasteiger partial charge in [-0.2, -0.15) is 0 Å². The van der Waals surface area contributed by atoms with E-state index in [1.807, 2.05) is 0 Å². The highest BCUT2D eigenvalue weighted by Crippen LogP contribution is 2.18. The minimum atomic E-state index is -0.773. The molecule has 16 heavy (non-hydrogen) atoms. The van der Waals surface area contributed by atoms with Crippen LogP contribution in [-0.2, 0) is 14.4 Å². The number of hydrogen-bond donors (Lipinski definition) is 1. The first-order valence-electron chi connectivity index (χ1n) is 5.59. The number of allylic oxidation sites excluding steroid dienone is 2. The minimum absolute atomic E-state index is 0.0875. The van der Waals surface area contributed by atoms with Gasteiger partial charge in [0.2, 0.25) is 0 Å². The fourth-order valence-corrected chi connectivity index (χ4v) is 1.80. The number of carboxylic acids is 1. The van der Waals surface area contributed by atoms with E-state index in [1.54, 1.807) is 0 Å². The second kappa shape index (κ2) is 6.20. The Bertz CT molecular complexity index is 299. The van der Waals surface area contributed by atoms with Crippen LogP contribution >= 0.6 is 0 Å². The van der Waals surface area contributed by atoms with Crippen molar-refractivity contribution in [3.05, 3.63) is 12.2 Å². The summed E-state index contributed by atoms with van der Waals surface area (Å²) >= 11 is 0. The Balaban J connectivity index is 2.05. The maximum absolute atomic E-state index is 11.2. The SMILES string of the molecule is O=C(O)CCCCCCC1C(=O)C=CC1=O. The molecule has 0 saturated carbocycles. The Morgan fingerprint density at radius 1 is 1.06 bits per heavy atom. The standard InChI is InChI=1S/C12H16O4/c13-10-7-8-11(14)9(10)5-3-1-2-4-6-12(15)16/h7-9H,1-6H2,(H,15,16). The Kier molecular flexibility index (Phi) is 4.89. The van der Waals surface area contributed by atoms with E-state index in [-0.39, 0.29) is 18.0 Å². The van der Waals surface area contributed by atoms with Crippen LogP contribution in [0, 0.1) is 5.92 Å². The Hall–Kier alpha value is -1.45. The van der Waals surface area contributed by atoms with Gasteiger partial charge in [-0.25, -0.2) is 0 Å². The van der Waals surface area contributed by atoms with Gasteiger partial charge in [0.1, 0.15) is 0 Å². The molecule has 0 amide bonds. The highest BCUT2D eigenvalue weighted by atomic mass is 16.4. The molecular weight excluding hydrogens is 208 g/mol. The summed E-state index contributed by atoms with van der Waals surface area (Å²) < 4.78 is 0. The van der Waals surface area contributed by atoms with Gasteiger partial charge in [0.25, 0.3) is 0 Å². The van der Waals surface area contributed by atoms with Crippen LogP contribution in [0.4, 0.5) is 0 Å². The van der Waals surface area contributed by atoms with Crippen molar-refractivity contribution in [3.63, 3.8) is 0 Å².